The summed E-state index contributed by atoms with van der Waals surface area (Å²) in [5, 5.41) is 0. The first-order chi connectivity index (χ1) is 9.33. The first-order valence-electron chi connectivity index (χ1n) is 6.07. The maximum atomic E-state index is 12.4. The molecule has 0 heterocycles. The Morgan fingerprint density at radius 3 is 2.35 bits per heavy atom. The van der Waals surface area contributed by atoms with Crippen LogP contribution in [0.15, 0.2) is 30.9 Å². The van der Waals surface area contributed by atoms with Crippen LogP contribution < -0.4 is 4.31 Å². The summed E-state index contributed by atoms with van der Waals surface area (Å²) in [5.41, 5.74) is 2.22. The van der Waals surface area contributed by atoms with Crippen LogP contribution in [-0.4, -0.2) is 33.8 Å². The molecule has 0 aromatic heterocycles. The van der Waals surface area contributed by atoms with Gasteiger partial charge in [-0.05, 0) is 25.0 Å². The van der Waals surface area contributed by atoms with Gasteiger partial charge in [-0.25, -0.2) is 8.42 Å². The number of aryl methyl sites for hydroxylation is 2. The smallest absolute Gasteiger partial charge is 0.322 e. The Morgan fingerprint density at radius 2 is 1.90 bits per heavy atom. The fraction of sp³-hybridized carbons (Fsp3) is 0.357. The van der Waals surface area contributed by atoms with Gasteiger partial charge in [0.1, 0.15) is 0 Å². The third-order valence-corrected chi connectivity index (χ3v) is 4.45. The summed E-state index contributed by atoms with van der Waals surface area (Å²) in [5.74, 6) is -1.48. The zero-order valence-corrected chi connectivity index (χ0v) is 12.7. The number of hydrogen-bond donors (Lipinski definition) is 0. The van der Waals surface area contributed by atoms with Crippen molar-refractivity contribution in [1.29, 1.82) is 0 Å². The number of hydrogen-bond acceptors (Lipinski definition) is 4. The summed E-state index contributed by atoms with van der Waals surface area (Å²) < 4.78 is 30.4. The molecule has 1 rings (SSSR count). The van der Waals surface area contributed by atoms with Crippen molar-refractivity contribution in [1.82, 2.24) is 0 Å². The normalized spacial score (nSPS) is 10.9. The lowest BCUT2D eigenvalue weighted by Gasteiger charge is -2.26. The Hall–Kier alpha value is -1.82. The van der Waals surface area contributed by atoms with Crippen molar-refractivity contribution >= 4 is 21.7 Å². The Balaban J connectivity index is 3.31. The molecule has 0 aliphatic heterocycles. The minimum Gasteiger partial charge on any atom is -0.468 e. The first-order valence-corrected chi connectivity index (χ1v) is 7.68. The molecule has 0 amide bonds. The fourth-order valence-corrected chi connectivity index (χ4v) is 3.42. The number of carbonyl (C=O) groups excluding carboxylic acids is 1. The van der Waals surface area contributed by atoms with E-state index < -0.39 is 21.7 Å². The highest BCUT2D eigenvalue weighted by Crippen LogP contribution is 2.27. The van der Waals surface area contributed by atoms with Crippen molar-refractivity contribution in [2.45, 2.75) is 13.8 Å². The molecule has 20 heavy (non-hydrogen) atoms. The molecule has 0 radical (unpaired) electrons. The molecule has 0 spiro atoms. The maximum Gasteiger partial charge on any atom is 0.322 e. The number of anilines is 1. The Bertz CT molecular complexity index is 587. The lowest BCUT2D eigenvalue weighted by atomic mass is 10.1. The highest BCUT2D eigenvalue weighted by Gasteiger charge is 2.27. The zero-order valence-electron chi connectivity index (χ0n) is 11.9. The van der Waals surface area contributed by atoms with Crippen molar-refractivity contribution in [3.8, 4) is 0 Å². The molecule has 0 fully saturated rings. The van der Waals surface area contributed by atoms with Gasteiger partial charge < -0.3 is 4.74 Å². The molecule has 6 heteroatoms. The summed E-state index contributed by atoms with van der Waals surface area (Å²) in [6.07, 6.45) is 1.49. The number of sulfonamides is 1. The van der Waals surface area contributed by atoms with Crippen molar-refractivity contribution in [2.24, 2.45) is 0 Å². The van der Waals surface area contributed by atoms with Crippen LogP contribution in [0.25, 0.3) is 0 Å². The number of rotatable bonds is 6. The molecule has 0 atom stereocenters. The first kappa shape index (κ1) is 16.2. The van der Waals surface area contributed by atoms with E-state index in [-0.39, 0.29) is 6.54 Å². The molecule has 0 bridgehead atoms. The highest BCUT2D eigenvalue weighted by molar-refractivity contribution is 7.93. The van der Waals surface area contributed by atoms with E-state index in [2.05, 4.69) is 11.3 Å². The van der Waals surface area contributed by atoms with Crippen LogP contribution in [0.1, 0.15) is 11.1 Å². The number of esters is 1. The molecule has 0 saturated carbocycles. The second-order valence-electron chi connectivity index (χ2n) is 4.39. The summed E-state index contributed by atoms with van der Waals surface area (Å²) in [4.78, 5) is 11.3. The van der Waals surface area contributed by atoms with Gasteiger partial charge in [-0.3, -0.25) is 9.10 Å². The van der Waals surface area contributed by atoms with E-state index in [1.54, 1.807) is 0 Å². The molecule has 0 saturated heterocycles. The predicted octanol–water partition coefficient (Wildman–Crippen LogP) is 1.80. The number of methoxy groups -OCH3 is 1. The van der Waals surface area contributed by atoms with Crippen molar-refractivity contribution in [2.75, 3.05) is 23.7 Å². The van der Waals surface area contributed by atoms with Crippen molar-refractivity contribution < 1.29 is 17.9 Å². The number of nitrogens with zero attached hydrogens (tertiary/aromatic N) is 1. The number of carbonyl (C=O) groups is 1. The number of benzene rings is 1. The molecule has 0 aliphatic carbocycles. The lowest BCUT2D eigenvalue weighted by Crippen LogP contribution is -2.37. The molecular weight excluding hydrogens is 278 g/mol. The van der Waals surface area contributed by atoms with Gasteiger partial charge in [0.25, 0.3) is 0 Å². The second-order valence-corrected chi connectivity index (χ2v) is 6.29. The average molecular weight is 297 g/mol. The quantitative estimate of drug-likeness (QED) is 0.593. The molecule has 0 N–H and O–H groups in total. The van der Waals surface area contributed by atoms with Crippen LogP contribution in [-0.2, 0) is 19.6 Å². The highest BCUT2D eigenvalue weighted by atomic mass is 32.2. The standard InChI is InChI=1S/C14H19NO4S/c1-5-9-15(20(17,18)10-13(16)19-4)14-11(2)7-6-8-12(14)3/h5-8H,1,9-10H2,2-4H3. The molecular formula is C14H19NO4S. The van der Waals surface area contributed by atoms with Crippen LogP contribution in [0, 0.1) is 13.8 Å². The summed E-state index contributed by atoms with van der Waals surface area (Å²) in [6.45, 7) is 7.33. The summed E-state index contributed by atoms with van der Waals surface area (Å²) in [6, 6.07) is 5.51. The van der Waals surface area contributed by atoms with E-state index in [4.69, 9.17) is 0 Å². The lowest BCUT2D eigenvalue weighted by molar-refractivity contribution is -0.137. The molecule has 1 aromatic rings. The van der Waals surface area contributed by atoms with Gasteiger partial charge in [-0.2, -0.15) is 0 Å². The van der Waals surface area contributed by atoms with Gasteiger partial charge in [0.2, 0.25) is 10.0 Å². The SMILES string of the molecule is C=CCN(c1c(C)cccc1C)S(=O)(=O)CC(=O)OC. The Morgan fingerprint density at radius 1 is 1.35 bits per heavy atom. The monoisotopic (exact) mass is 297 g/mol. The third-order valence-electron chi connectivity index (χ3n) is 2.85. The van der Waals surface area contributed by atoms with Crippen LogP contribution in [0.2, 0.25) is 0 Å². The maximum absolute atomic E-state index is 12.4. The Labute approximate surface area is 119 Å². The van der Waals surface area contributed by atoms with Crippen molar-refractivity contribution in [3.63, 3.8) is 0 Å². The van der Waals surface area contributed by atoms with Gasteiger partial charge >= 0.3 is 5.97 Å². The molecule has 5 nitrogen and oxygen atoms in total. The topological polar surface area (TPSA) is 63.7 Å². The van der Waals surface area contributed by atoms with E-state index >= 15 is 0 Å². The summed E-state index contributed by atoms with van der Waals surface area (Å²) >= 11 is 0. The van der Waals surface area contributed by atoms with Gasteiger partial charge in [0.15, 0.2) is 5.75 Å². The van der Waals surface area contributed by atoms with Crippen LogP contribution in [0.5, 0.6) is 0 Å². The van der Waals surface area contributed by atoms with Crippen LogP contribution in [0.4, 0.5) is 5.69 Å². The third kappa shape index (κ3) is 3.60. The van der Waals surface area contributed by atoms with Gasteiger partial charge in [-0.1, -0.05) is 24.3 Å². The Kier molecular flexibility index (Phi) is 5.33. The minimum atomic E-state index is -3.81. The van der Waals surface area contributed by atoms with E-state index in [9.17, 15) is 13.2 Å². The van der Waals surface area contributed by atoms with Gasteiger partial charge in [0, 0.05) is 0 Å². The number of ether oxygens (including phenoxy) is 1. The molecule has 110 valence electrons. The summed E-state index contributed by atoms with van der Waals surface area (Å²) in [7, 11) is -2.64. The van der Waals surface area contributed by atoms with E-state index in [1.807, 2.05) is 32.0 Å². The van der Waals surface area contributed by atoms with Crippen molar-refractivity contribution in [3.05, 3.63) is 42.0 Å². The van der Waals surface area contributed by atoms with Crippen LogP contribution >= 0.6 is 0 Å². The number of para-hydroxylation sites is 1. The van der Waals surface area contributed by atoms with E-state index in [0.29, 0.717) is 5.69 Å². The minimum absolute atomic E-state index is 0.102. The van der Waals surface area contributed by atoms with Crippen LogP contribution in [0.3, 0.4) is 0 Å². The molecule has 0 aliphatic rings. The fourth-order valence-electron chi connectivity index (χ4n) is 1.95. The zero-order chi connectivity index (χ0) is 15.3. The van der Waals surface area contributed by atoms with E-state index in [0.717, 1.165) is 18.2 Å². The largest absolute Gasteiger partial charge is 0.468 e. The van der Waals surface area contributed by atoms with Gasteiger partial charge in [-0.15, -0.1) is 6.58 Å². The second kappa shape index (κ2) is 6.56. The molecule has 0 unspecified atom stereocenters. The van der Waals surface area contributed by atoms with E-state index in [1.165, 1.54) is 10.4 Å². The molecule has 1 aromatic carbocycles. The predicted molar refractivity (Wildman–Crippen MR) is 79.3 cm³/mol. The van der Waals surface area contributed by atoms with Gasteiger partial charge in [0.05, 0.1) is 19.3 Å². The average Bonchev–Trinajstić information content (AvgIpc) is 2.36.